The molecule has 0 aromatic carbocycles. The summed E-state index contributed by atoms with van der Waals surface area (Å²) in [7, 11) is 0. The molecule has 6 heteroatoms. The van der Waals surface area contributed by atoms with Crippen molar-refractivity contribution in [2.75, 3.05) is 5.75 Å². The van der Waals surface area contributed by atoms with Gasteiger partial charge in [0.05, 0.1) is 0 Å². The van der Waals surface area contributed by atoms with Crippen LogP contribution >= 0.6 is 11.8 Å². The third kappa shape index (κ3) is 2.06. The molecule has 5 nitrogen and oxygen atoms in total. The third-order valence-corrected chi connectivity index (χ3v) is 3.02. The number of carboxylic acids is 1. The Balaban J connectivity index is 1.92. The van der Waals surface area contributed by atoms with E-state index in [1.54, 1.807) is 0 Å². The minimum absolute atomic E-state index is 0.0354. The third-order valence-electron chi connectivity index (χ3n) is 2.21. The molecule has 76 valence electrons. The molecule has 0 atom stereocenters. The van der Waals surface area contributed by atoms with Crippen LogP contribution < -0.4 is 0 Å². The molecule has 1 aliphatic rings. The van der Waals surface area contributed by atoms with E-state index in [1.807, 2.05) is 0 Å². The number of carboxylic acid groups (broad SMARTS) is 1. The van der Waals surface area contributed by atoms with E-state index in [0.717, 1.165) is 30.4 Å². The maximum Gasteiger partial charge on any atom is 0.314 e. The monoisotopic (exact) mass is 214 g/mol. The standard InChI is InChI=1S/C8H10N2O3S/c11-6(12)4-14-8-9-7(10-13-8)5-2-1-3-5/h5H,1-4H2,(H,11,12). The Morgan fingerprint density at radius 2 is 2.43 bits per heavy atom. The van der Waals surface area contributed by atoms with Gasteiger partial charge in [0.2, 0.25) is 0 Å². The predicted molar refractivity (Wildman–Crippen MR) is 49.2 cm³/mol. The zero-order valence-electron chi connectivity index (χ0n) is 7.47. The van der Waals surface area contributed by atoms with E-state index in [1.165, 1.54) is 6.42 Å². The van der Waals surface area contributed by atoms with Crippen molar-refractivity contribution in [3.63, 3.8) is 0 Å². The largest absolute Gasteiger partial charge is 0.481 e. The van der Waals surface area contributed by atoms with E-state index in [0.29, 0.717) is 11.1 Å². The van der Waals surface area contributed by atoms with Gasteiger partial charge >= 0.3 is 5.97 Å². The second-order valence-corrected chi connectivity index (χ2v) is 4.16. The van der Waals surface area contributed by atoms with E-state index in [2.05, 4.69) is 10.1 Å². The van der Waals surface area contributed by atoms with Crippen molar-refractivity contribution in [2.24, 2.45) is 0 Å². The second kappa shape index (κ2) is 4.00. The molecule has 0 amide bonds. The van der Waals surface area contributed by atoms with Gasteiger partial charge in [-0.3, -0.25) is 4.79 Å². The van der Waals surface area contributed by atoms with Gasteiger partial charge in [0, 0.05) is 5.92 Å². The second-order valence-electron chi connectivity index (χ2n) is 3.23. The summed E-state index contributed by atoms with van der Waals surface area (Å²) in [6.45, 7) is 0. The van der Waals surface area contributed by atoms with E-state index in [-0.39, 0.29) is 5.75 Å². The molecular weight excluding hydrogens is 204 g/mol. The van der Waals surface area contributed by atoms with Crippen LogP contribution in [0.4, 0.5) is 0 Å². The normalized spacial score (nSPS) is 16.6. The fourth-order valence-corrected chi connectivity index (χ4v) is 1.73. The number of nitrogens with zero attached hydrogens (tertiary/aromatic N) is 2. The minimum Gasteiger partial charge on any atom is -0.481 e. The smallest absolute Gasteiger partial charge is 0.314 e. The number of hydrogen-bond donors (Lipinski definition) is 1. The first-order valence-electron chi connectivity index (χ1n) is 4.44. The molecule has 0 unspecified atom stereocenters. The van der Waals surface area contributed by atoms with Crippen molar-refractivity contribution in [2.45, 2.75) is 30.4 Å². The lowest BCUT2D eigenvalue weighted by molar-refractivity contribution is -0.133. The number of rotatable bonds is 4. The van der Waals surface area contributed by atoms with E-state index in [9.17, 15) is 4.79 Å². The molecule has 1 heterocycles. The van der Waals surface area contributed by atoms with Gasteiger partial charge in [0.1, 0.15) is 5.75 Å². The van der Waals surface area contributed by atoms with Crippen LogP contribution in [0.3, 0.4) is 0 Å². The van der Waals surface area contributed by atoms with Crippen LogP contribution in [-0.4, -0.2) is 27.0 Å². The van der Waals surface area contributed by atoms with Crippen LogP contribution in [0.2, 0.25) is 0 Å². The molecule has 0 radical (unpaired) electrons. The molecule has 1 aliphatic carbocycles. The summed E-state index contributed by atoms with van der Waals surface area (Å²) in [6.07, 6.45) is 3.45. The van der Waals surface area contributed by atoms with Gasteiger partial charge in [0.25, 0.3) is 5.22 Å². The highest BCUT2D eigenvalue weighted by Gasteiger charge is 2.24. The first kappa shape index (κ1) is 9.51. The molecule has 1 aromatic heterocycles. The Bertz CT molecular complexity index is 335. The van der Waals surface area contributed by atoms with Gasteiger partial charge in [-0.05, 0) is 12.8 Å². The summed E-state index contributed by atoms with van der Waals surface area (Å²) in [6, 6.07) is 0. The topological polar surface area (TPSA) is 76.2 Å². The highest BCUT2D eigenvalue weighted by atomic mass is 32.2. The number of aromatic nitrogens is 2. The SMILES string of the molecule is O=C(O)CSc1nc(C2CCC2)no1. The first-order chi connectivity index (χ1) is 6.75. The lowest BCUT2D eigenvalue weighted by atomic mass is 9.85. The zero-order chi connectivity index (χ0) is 9.97. The highest BCUT2D eigenvalue weighted by Crippen LogP contribution is 2.35. The highest BCUT2D eigenvalue weighted by molar-refractivity contribution is 7.99. The molecule has 14 heavy (non-hydrogen) atoms. The first-order valence-corrected chi connectivity index (χ1v) is 5.42. The van der Waals surface area contributed by atoms with Crippen LogP contribution in [0.1, 0.15) is 31.0 Å². The molecule has 1 fully saturated rings. The predicted octanol–water partition coefficient (Wildman–Crippen LogP) is 1.51. The lowest BCUT2D eigenvalue weighted by Gasteiger charge is -2.20. The van der Waals surface area contributed by atoms with Gasteiger partial charge in [-0.2, -0.15) is 4.98 Å². The molecule has 0 bridgehead atoms. The van der Waals surface area contributed by atoms with Crippen molar-refractivity contribution in [3.05, 3.63) is 5.82 Å². The minimum atomic E-state index is -0.876. The van der Waals surface area contributed by atoms with E-state index < -0.39 is 5.97 Å². The molecule has 0 aliphatic heterocycles. The van der Waals surface area contributed by atoms with E-state index in [4.69, 9.17) is 9.63 Å². The molecule has 0 saturated heterocycles. The summed E-state index contributed by atoms with van der Waals surface area (Å²) in [4.78, 5) is 14.4. The molecule has 1 N–H and O–H groups in total. The Labute approximate surface area is 84.9 Å². The lowest BCUT2D eigenvalue weighted by Crippen LogP contribution is -2.10. The molecule has 1 aromatic rings. The fourth-order valence-electron chi connectivity index (χ4n) is 1.23. The number of hydrogen-bond acceptors (Lipinski definition) is 5. The van der Waals surface area contributed by atoms with Gasteiger partial charge in [0.15, 0.2) is 5.82 Å². The van der Waals surface area contributed by atoms with Crippen LogP contribution in [0.15, 0.2) is 9.75 Å². The average molecular weight is 214 g/mol. The van der Waals surface area contributed by atoms with Crippen molar-refractivity contribution in [1.29, 1.82) is 0 Å². The van der Waals surface area contributed by atoms with Crippen molar-refractivity contribution in [3.8, 4) is 0 Å². The van der Waals surface area contributed by atoms with Crippen LogP contribution in [0.25, 0.3) is 0 Å². The number of carbonyl (C=O) groups is 1. The number of thioether (sulfide) groups is 1. The van der Waals surface area contributed by atoms with Crippen molar-refractivity contribution in [1.82, 2.24) is 10.1 Å². The molecule has 1 saturated carbocycles. The van der Waals surface area contributed by atoms with Gasteiger partial charge in [-0.1, -0.05) is 23.3 Å². The van der Waals surface area contributed by atoms with Crippen LogP contribution in [0, 0.1) is 0 Å². The Hall–Kier alpha value is -1.04. The van der Waals surface area contributed by atoms with Crippen LogP contribution in [0.5, 0.6) is 0 Å². The number of aliphatic carboxylic acids is 1. The molecule has 0 spiro atoms. The summed E-state index contributed by atoms with van der Waals surface area (Å²) in [5.74, 6) is 0.243. The maximum atomic E-state index is 10.3. The average Bonchev–Trinajstić information content (AvgIpc) is 2.46. The maximum absolute atomic E-state index is 10.3. The van der Waals surface area contributed by atoms with E-state index >= 15 is 0 Å². The summed E-state index contributed by atoms with van der Waals surface area (Å²) >= 11 is 1.06. The summed E-state index contributed by atoms with van der Waals surface area (Å²) < 4.78 is 4.91. The fraction of sp³-hybridized carbons (Fsp3) is 0.625. The Morgan fingerprint density at radius 3 is 3.00 bits per heavy atom. The van der Waals surface area contributed by atoms with Gasteiger partial charge in [-0.15, -0.1) is 0 Å². The van der Waals surface area contributed by atoms with Crippen molar-refractivity contribution < 1.29 is 14.4 Å². The molecular formula is C8H10N2O3S. The van der Waals surface area contributed by atoms with Gasteiger partial charge < -0.3 is 9.63 Å². The van der Waals surface area contributed by atoms with Crippen LogP contribution in [-0.2, 0) is 4.79 Å². The Kier molecular flexibility index (Phi) is 2.72. The zero-order valence-corrected chi connectivity index (χ0v) is 8.29. The summed E-state index contributed by atoms with van der Waals surface area (Å²) in [5, 5.41) is 12.6. The van der Waals surface area contributed by atoms with Gasteiger partial charge in [-0.25, -0.2) is 0 Å². The quantitative estimate of drug-likeness (QED) is 0.765. The molecule has 2 rings (SSSR count). The Morgan fingerprint density at radius 1 is 1.64 bits per heavy atom. The van der Waals surface area contributed by atoms with Crippen molar-refractivity contribution >= 4 is 17.7 Å². The summed E-state index contributed by atoms with van der Waals surface area (Å²) in [5.41, 5.74) is 0.